The number of carbonyl (C=O) groups excluding carboxylic acids is 3. The second kappa shape index (κ2) is 9.38. The lowest BCUT2D eigenvalue weighted by Gasteiger charge is -2.10. The van der Waals surface area contributed by atoms with Crippen molar-refractivity contribution in [3.05, 3.63) is 45.8 Å². The first-order valence-corrected chi connectivity index (χ1v) is 10.1. The van der Waals surface area contributed by atoms with Crippen LogP contribution in [0.15, 0.2) is 24.3 Å². The van der Waals surface area contributed by atoms with Crippen molar-refractivity contribution in [2.24, 2.45) is 0 Å². The number of ether oxygens (including phenoxy) is 3. The quantitative estimate of drug-likeness (QED) is 0.630. The van der Waals surface area contributed by atoms with E-state index in [1.165, 1.54) is 11.3 Å². The van der Waals surface area contributed by atoms with Crippen LogP contribution in [-0.2, 0) is 27.1 Å². The van der Waals surface area contributed by atoms with Crippen molar-refractivity contribution in [1.29, 1.82) is 0 Å². The highest BCUT2D eigenvalue weighted by molar-refractivity contribution is 7.17. The number of benzene rings is 1. The number of hydrogen-bond acceptors (Lipinski definition) is 7. The van der Waals surface area contributed by atoms with Gasteiger partial charge < -0.3 is 19.5 Å². The van der Waals surface area contributed by atoms with Gasteiger partial charge in [0.1, 0.15) is 10.8 Å². The summed E-state index contributed by atoms with van der Waals surface area (Å²) in [6, 6.07) is 4.10. The molecule has 1 heterocycles. The van der Waals surface area contributed by atoms with Crippen molar-refractivity contribution in [3.63, 3.8) is 0 Å². The fraction of sp³-hybridized carbons (Fsp3) is 0.350. The highest BCUT2D eigenvalue weighted by Gasteiger charge is 2.31. The number of thiophene rings is 1. The van der Waals surface area contributed by atoms with Gasteiger partial charge in [0.05, 0.1) is 17.7 Å². The molecule has 1 aromatic carbocycles. The third-order valence-corrected chi connectivity index (χ3v) is 5.52. The van der Waals surface area contributed by atoms with Gasteiger partial charge in [-0.05, 0) is 56.0 Å². The van der Waals surface area contributed by atoms with Crippen LogP contribution >= 0.6 is 11.3 Å². The van der Waals surface area contributed by atoms with E-state index in [0.29, 0.717) is 10.6 Å². The molecule has 0 radical (unpaired) electrons. The molecule has 0 fully saturated rings. The molecule has 1 amide bonds. The van der Waals surface area contributed by atoms with Crippen LogP contribution in [-0.4, -0.2) is 37.4 Å². The highest BCUT2D eigenvalue weighted by atomic mass is 32.1. The van der Waals surface area contributed by atoms with Crippen LogP contribution in [0.25, 0.3) is 0 Å². The first kappa shape index (κ1) is 22.6. The lowest BCUT2D eigenvalue weighted by Crippen LogP contribution is -2.22. The smallest absolute Gasteiger partial charge is 0.462 e. The van der Waals surface area contributed by atoms with E-state index in [4.69, 9.17) is 9.47 Å². The summed E-state index contributed by atoms with van der Waals surface area (Å²) in [7, 11) is 0. The minimum absolute atomic E-state index is 0.0513. The maximum atomic E-state index is 12.3. The maximum absolute atomic E-state index is 12.3. The normalized spacial score (nSPS) is 12.8. The summed E-state index contributed by atoms with van der Waals surface area (Å²) in [6.07, 6.45) is -2.39. The zero-order chi connectivity index (χ0) is 22.6. The van der Waals surface area contributed by atoms with E-state index in [1.54, 1.807) is 6.92 Å². The maximum Gasteiger partial charge on any atom is 0.573 e. The number of anilines is 1. The topological polar surface area (TPSA) is 90.9 Å². The van der Waals surface area contributed by atoms with Crippen LogP contribution in [0.4, 0.5) is 18.2 Å². The summed E-state index contributed by atoms with van der Waals surface area (Å²) in [5, 5.41) is 2.92. The van der Waals surface area contributed by atoms with Crippen molar-refractivity contribution < 1.29 is 41.8 Å². The number of esters is 2. The number of halogens is 3. The second-order valence-corrected chi connectivity index (χ2v) is 7.58. The van der Waals surface area contributed by atoms with Gasteiger partial charge in [-0.2, -0.15) is 0 Å². The van der Waals surface area contributed by atoms with Gasteiger partial charge in [0, 0.05) is 4.88 Å². The van der Waals surface area contributed by atoms with Crippen molar-refractivity contribution in [2.45, 2.75) is 32.5 Å². The highest BCUT2D eigenvalue weighted by Crippen LogP contribution is 2.39. The van der Waals surface area contributed by atoms with E-state index in [1.807, 2.05) is 0 Å². The van der Waals surface area contributed by atoms with Crippen molar-refractivity contribution in [1.82, 2.24) is 0 Å². The van der Waals surface area contributed by atoms with Crippen LogP contribution in [0.3, 0.4) is 0 Å². The molecule has 1 aliphatic rings. The van der Waals surface area contributed by atoms with Crippen LogP contribution in [0, 0.1) is 0 Å². The van der Waals surface area contributed by atoms with Gasteiger partial charge in [-0.3, -0.25) is 4.79 Å². The first-order valence-electron chi connectivity index (χ1n) is 9.32. The summed E-state index contributed by atoms with van der Waals surface area (Å²) in [5.74, 6) is -2.56. The Bertz CT molecular complexity index is 984. The van der Waals surface area contributed by atoms with Crippen LogP contribution in [0.2, 0.25) is 0 Å². The summed E-state index contributed by atoms with van der Waals surface area (Å²) >= 11 is 1.29. The molecule has 2 aromatic rings. The Balaban J connectivity index is 1.59. The lowest BCUT2D eigenvalue weighted by atomic mass is 10.1. The number of nitrogens with one attached hydrogen (secondary N) is 1. The molecular weight excluding hydrogens is 439 g/mol. The first-order chi connectivity index (χ1) is 14.7. The van der Waals surface area contributed by atoms with E-state index in [0.717, 1.165) is 54.0 Å². The van der Waals surface area contributed by atoms with E-state index in [2.05, 4.69) is 10.1 Å². The van der Waals surface area contributed by atoms with E-state index < -0.39 is 36.6 Å². The van der Waals surface area contributed by atoms with Gasteiger partial charge in [0.15, 0.2) is 6.61 Å². The van der Waals surface area contributed by atoms with Crippen LogP contribution in [0.1, 0.15) is 44.5 Å². The number of amides is 1. The molecule has 7 nitrogen and oxygen atoms in total. The fourth-order valence-electron chi connectivity index (χ4n) is 3.08. The summed E-state index contributed by atoms with van der Waals surface area (Å²) in [4.78, 5) is 37.6. The number of hydrogen-bond donors (Lipinski definition) is 1. The predicted octanol–water partition coefficient (Wildman–Crippen LogP) is 4.11. The zero-order valence-corrected chi connectivity index (χ0v) is 17.2. The van der Waals surface area contributed by atoms with Crippen LogP contribution < -0.4 is 10.1 Å². The number of aryl methyl sites for hydroxylation is 1. The molecule has 31 heavy (non-hydrogen) atoms. The van der Waals surface area contributed by atoms with Gasteiger partial charge in [-0.15, -0.1) is 24.5 Å². The molecule has 1 N–H and O–H groups in total. The number of rotatable bonds is 7. The largest absolute Gasteiger partial charge is 0.573 e. The number of fused-ring (bicyclic) bond motifs is 1. The Labute approximate surface area is 179 Å². The Morgan fingerprint density at radius 3 is 2.42 bits per heavy atom. The molecule has 1 aliphatic carbocycles. The summed E-state index contributed by atoms with van der Waals surface area (Å²) in [6.45, 7) is 1.25. The Kier molecular flexibility index (Phi) is 6.84. The van der Waals surface area contributed by atoms with E-state index >= 15 is 0 Å². The number of carbonyl (C=O) groups is 3. The molecule has 166 valence electrons. The standard InChI is InChI=1S/C20H18F3NO6S/c1-2-28-19(27)16-13-4-3-5-14(13)31-17(16)24-15(25)10-29-18(26)11-6-8-12(9-7-11)30-20(21,22)23/h6-9H,2-5,10H2,1H3,(H,24,25). The molecule has 1 aromatic heterocycles. The van der Waals surface area contributed by atoms with Crippen LogP contribution in [0.5, 0.6) is 5.75 Å². The lowest BCUT2D eigenvalue weighted by molar-refractivity contribution is -0.274. The minimum Gasteiger partial charge on any atom is -0.462 e. The minimum atomic E-state index is -4.84. The third-order valence-electron chi connectivity index (χ3n) is 4.31. The molecule has 0 saturated heterocycles. The molecular formula is C20H18F3NO6S. The molecule has 0 aliphatic heterocycles. The van der Waals surface area contributed by atoms with Gasteiger partial charge in [-0.25, -0.2) is 9.59 Å². The second-order valence-electron chi connectivity index (χ2n) is 6.48. The van der Waals surface area contributed by atoms with Gasteiger partial charge in [0.25, 0.3) is 5.91 Å². The zero-order valence-electron chi connectivity index (χ0n) is 16.3. The van der Waals surface area contributed by atoms with Gasteiger partial charge >= 0.3 is 18.3 Å². The van der Waals surface area contributed by atoms with Gasteiger partial charge in [0.2, 0.25) is 0 Å². The predicted molar refractivity (Wildman–Crippen MR) is 104 cm³/mol. The average Bonchev–Trinajstić information content (AvgIpc) is 3.26. The summed E-state index contributed by atoms with van der Waals surface area (Å²) < 4.78 is 50.2. The van der Waals surface area contributed by atoms with Gasteiger partial charge in [-0.1, -0.05) is 0 Å². The molecule has 0 bridgehead atoms. The molecule has 0 spiro atoms. The Morgan fingerprint density at radius 2 is 1.77 bits per heavy atom. The van der Waals surface area contributed by atoms with Crippen molar-refractivity contribution in [2.75, 3.05) is 18.5 Å². The summed E-state index contributed by atoms with van der Waals surface area (Å²) in [5.41, 5.74) is 1.15. The van der Waals surface area contributed by atoms with E-state index in [9.17, 15) is 27.6 Å². The molecule has 0 atom stereocenters. The van der Waals surface area contributed by atoms with E-state index in [-0.39, 0.29) is 12.2 Å². The molecule has 0 saturated carbocycles. The fourth-order valence-corrected chi connectivity index (χ4v) is 4.37. The SMILES string of the molecule is CCOC(=O)c1c(NC(=O)COC(=O)c2ccc(OC(F)(F)F)cc2)sc2c1CCC2. The van der Waals surface area contributed by atoms with Crippen molar-refractivity contribution in [3.8, 4) is 5.75 Å². The Hall–Kier alpha value is -3.08. The molecule has 11 heteroatoms. The monoisotopic (exact) mass is 457 g/mol. The number of alkyl halides is 3. The third kappa shape index (κ3) is 5.75. The molecule has 0 unspecified atom stereocenters. The Morgan fingerprint density at radius 1 is 1.06 bits per heavy atom. The van der Waals surface area contributed by atoms with Crippen molar-refractivity contribution >= 4 is 34.2 Å². The average molecular weight is 457 g/mol. The molecule has 3 rings (SSSR count).